The highest BCUT2D eigenvalue weighted by molar-refractivity contribution is 6.30. The number of carbonyl (C=O) groups is 1. The molecule has 0 fully saturated rings. The summed E-state index contributed by atoms with van der Waals surface area (Å²) < 4.78 is 7.32. The topological polar surface area (TPSA) is 68.2 Å². The third-order valence-corrected chi connectivity index (χ3v) is 3.74. The van der Waals surface area contributed by atoms with E-state index in [-0.39, 0.29) is 6.03 Å². The van der Waals surface area contributed by atoms with E-state index in [2.05, 4.69) is 15.7 Å². The van der Waals surface area contributed by atoms with E-state index in [1.165, 1.54) is 5.69 Å². The number of carbonyl (C=O) groups excluding carboxylic acids is 1. The number of benzene rings is 1. The van der Waals surface area contributed by atoms with Gasteiger partial charge in [0, 0.05) is 34.9 Å². The molecule has 3 rings (SSSR count). The van der Waals surface area contributed by atoms with Crippen LogP contribution in [0.1, 0.15) is 11.3 Å². The first-order valence-electron chi connectivity index (χ1n) is 7.14. The highest BCUT2D eigenvalue weighted by atomic mass is 35.5. The van der Waals surface area contributed by atoms with Gasteiger partial charge in [-0.3, -0.25) is 4.68 Å². The molecule has 0 aliphatic carbocycles. The largest absolute Gasteiger partial charge is 0.376 e. The van der Waals surface area contributed by atoms with Gasteiger partial charge in [0.15, 0.2) is 0 Å². The van der Waals surface area contributed by atoms with Crippen molar-refractivity contribution in [2.75, 3.05) is 18.5 Å². The Kier molecular flexibility index (Phi) is 4.60. The van der Waals surface area contributed by atoms with E-state index in [4.69, 9.17) is 16.3 Å². The highest BCUT2D eigenvalue weighted by Crippen LogP contribution is 2.16. The van der Waals surface area contributed by atoms with Crippen molar-refractivity contribution < 1.29 is 9.53 Å². The predicted octanol–water partition coefficient (Wildman–Crippen LogP) is 2.43. The van der Waals surface area contributed by atoms with Crippen LogP contribution >= 0.6 is 11.6 Å². The third kappa shape index (κ3) is 3.58. The molecule has 2 heterocycles. The zero-order valence-corrected chi connectivity index (χ0v) is 12.8. The lowest BCUT2D eigenvalue weighted by atomic mass is 10.2. The van der Waals surface area contributed by atoms with Crippen molar-refractivity contribution in [2.24, 2.45) is 0 Å². The SMILES string of the molecule is O=C(NCCn1ncc2c1CCOC2)Nc1ccc(Cl)cc1. The first-order chi connectivity index (χ1) is 10.7. The average Bonchev–Trinajstić information content (AvgIpc) is 2.93. The van der Waals surface area contributed by atoms with Crippen LogP contribution in [0.15, 0.2) is 30.5 Å². The van der Waals surface area contributed by atoms with Crippen molar-refractivity contribution in [3.63, 3.8) is 0 Å². The van der Waals surface area contributed by atoms with E-state index in [1.54, 1.807) is 24.3 Å². The number of hydrogen-bond donors (Lipinski definition) is 2. The minimum Gasteiger partial charge on any atom is -0.376 e. The maximum Gasteiger partial charge on any atom is 0.319 e. The van der Waals surface area contributed by atoms with Crippen LogP contribution in [0.4, 0.5) is 10.5 Å². The number of hydrogen-bond acceptors (Lipinski definition) is 3. The molecule has 22 heavy (non-hydrogen) atoms. The second-order valence-corrected chi connectivity index (χ2v) is 5.47. The Hall–Kier alpha value is -2.05. The molecule has 1 aromatic heterocycles. The van der Waals surface area contributed by atoms with E-state index >= 15 is 0 Å². The number of aromatic nitrogens is 2. The predicted molar refractivity (Wildman–Crippen MR) is 84.1 cm³/mol. The molecule has 0 radical (unpaired) electrons. The van der Waals surface area contributed by atoms with Crippen LogP contribution in [-0.4, -0.2) is 29.0 Å². The second-order valence-electron chi connectivity index (χ2n) is 5.03. The lowest BCUT2D eigenvalue weighted by molar-refractivity contribution is 0.109. The summed E-state index contributed by atoms with van der Waals surface area (Å²) in [4.78, 5) is 11.8. The number of anilines is 1. The van der Waals surface area contributed by atoms with E-state index in [9.17, 15) is 4.79 Å². The normalized spacial score (nSPS) is 13.5. The first-order valence-corrected chi connectivity index (χ1v) is 7.52. The van der Waals surface area contributed by atoms with Gasteiger partial charge in [0.2, 0.25) is 0 Å². The molecular formula is C15H17ClN4O2. The standard InChI is InChI=1S/C15H17ClN4O2/c16-12-1-3-13(4-2-12)19-15(21)17-6-7-20-14-5-8-22-10-11(14)9-18-20/h1-4,9H,5-8,10H2,(H2,17,19,21). The van der Waals surface area contributed by atoms with Crippen LogP contribution in [0, 0.1) is 0 Å². The first kappa shape index (κ1) is 14.9. The lowest BCUT2D eigenvalue weighted by Gasteiger charge is -2.15. The Morgan fingerprint density at radius 1 is 1.36 bits per heavy atom. The molecule has 0 saturated carbocycles. The van der Waals surface area contributed by atoms with Crippen molar-refractivity contribution in [1.29, 1.82) is 0 Å². The molecule has 2 N–H and O–H groups in total. The van der Waals surface area contributed by atoms with Crippen LogP contribution in [-0.2, 0) is 24.3 Å². The fourth-order valence-corrected chi connectivity index (χ4v) is 2.51. The fraction of sp³-hybridized carbons (Fsp3) is 0.333. The van der Waals surface area contributed by atoms with Crippen LogP contribution < -0.4 is 10.6 Å². The molecule has 7 heteroatoms. The Balaban J connectivity index is 1.47. The van der Waals surface area contributed by atoms with Crippen LogP contribution in [0.5, 0.6) is 0 Å². The zero-order chi connectivity index (χ0) is 15.4. The Morgan fingerprint density at radius 3 is 3.00 bits per heavy atom. The van der Waals surface area contributed by atoms with Gasteiger partial charge in [0.05, 0.1) is 26.0 Å². The second kappa shape index (κ2) is 6.81. The van der Waals surface area contributed by atoms with Gasteiger partial charge in [0.1, 0.15) is 0 Å². The van der Waals surface area contributed by atoms with Gasteiger partial charge >= 0.3 is 6.03 Å². The Labute approximate surface area is 133 Å². The smallest absolute Gasteiger partial charge is 0.319 e. The lowest BCUT2D eigenvalue weighted by Crippen LogP contribution is -2.32. The maximum absolute atomic E-state index is 11.8. The van der Waals surface area contributed by atoms with Crippen molar-refractivity contribution >= 4 is 23.3 Å². The zero-order valence-electron chi connectivity index (χ0n) is 12.0. The Morgan fingerprint density at radius 2 is 2.18 bits per heavy atom. The monoisotopic (exact) mass is 320 g/mol. The summed E-state index contributed by atoms with van der Waals surface area (Å²) in [5.41, 5.74) is 3.04. The van der Waals surface area contributed by atoms with E-state index in [0.29, 0.717) is 30.4 Å². The van der Waals surface area contributed by atoms with E-state index in [1.807, 2.05) is 10.9 Å². The van der Waals surface area contributed by atoms with Crippen LogP contribution in [0.3, 0.4) is 0 Å². The molecule has 2 amide bonds. The molecule has 1 aliphatic heterocycles. The highest BCUT2D eigenvalue weighted by Gasteiger charge is 2.15. The molecule has 0 atom stereocenters. The molecule has 116 valence electrons. The van der Waals surface area contributed by atoms with Crippen LogP contribution in [0.25, 0.3) is 0 Å². The summed E-state index contributed by atoms with van der Waals surface area (Å²) in [5, 5.41) is 10.5. The van der Waals surface area contributed by atoms with E-state index in [0.717, 1.165) is 18.6 Å². The van der Waals surface area contributed by atoms with Gasteiger partial charge in [-0.15, -0.1) is 0 Å². The molecule has 0 saturated heterocycles. The summed E-state index contributed by atoms with van der Waals surface area (Å²) in [5.74, 6) is 0. The Bertz CT molecular complexity index is 654. The molecule has 2 aromatic rings. The number of halogens is 1. The van der Waals surface area contributed by atoms with E-state index < -0.39 is 0 Å². The summed E-state index contributed by atoms with van der Waals surface area (Å²) in [6, 6.07) is 6.73. The number of urea groups is 1. The fourth-order valence-electron chi connectivity index (χ4n) is 2.39. The minimum atomic E-state index is -0.244. The summed E-state index contributed by atoms with van der Waals surface area (Å²) >= 11 is 5.80. The average molecular weight is 321 g/mol. The molecule has 6 nitrogen and oxygen atoms in total. The number of amides is 2. The van der Waals surface area contributed by atoms with Crippen molar-refractivity contribution in [2.45, 2.75) is 19.6 Å². The summed E-state index contributed by atoms with van der Waals surface area (Å²) in [7, 11) is 0. The minimum absolute atomic E-state index is 0.244. The molecule has 0 unspecified atom stereocenters. The maximum atomic E-state index is 11.8. The number of nitrogens with zero attached hydrogens (tertiary/aromatic N) is 2. The van der Waals surface area contributed by atoms with Gasteiger partial charge in [-0.25, -0.2) is 4.79 Å². The van der Waals surface area contributed by atoms with Crippen LogP contribution in [0.2, 0.25) is 5.02 Å². The molecule has 1 aliphatic rings. The number of rotatable bonds is 4. The molecular weight excluding hydrogens is 304 g/mol. The van der Waals surface area contributed by atoms with Gasteiger partial charge in [0.25, 0.3) is 0 Å². The van der Waals surface area contributed by atoms with Gasteiger partial charge in [-0.2, -0.15) is 5.10 Å². The number of ether oxygens (including phenoxy) is 1. The molecule has 0 spiro atoms. The third-order valence-electron chi connectivity index (χ3n) is 3.49. The quantitative estimate of drug-likeness (QED) is 0.909. The van der Waals surface area contributed by atoms with Gasteiger partial charge in [-0.1, -0.05) is 11.6 Å². The molecule has 1 aromatic carbocycles. The number of fused-ring (bicyclic) bond motifs is 1. The van der Waals surface area contributed by atoms with Gasteiger partial charge in [-0.05, 0) is 24.3 Å². The van der Waals surface area contributed by atoms with Crippen molar-refractivity contribution in [3.8, 4) is 0 Å². The molecule has 0 bridgehead atoms. The van der Waals surface area contributed by atoms with Crippen molar-refractivity contribution in [1.82, 2.24) is 15.1 Å². The number of nitrogens with one attached hydrogen (secondary N) is 2. The summed E-state index contributed by atoms with van der Waals surface area (Å²) in [6.07, 6.45) is 2.70. The van der Waals surface area contributed by atoms with Crippen molar-refractivity contribution in [3.05, 3.63) is 46.7 Å². The summed E-state index contributed by atoms with van der Waals surface area (Å²) in [6.45, 7) is 2.50. The van der Waals surface area contributed by atoms with Gasteiger partial charge < -0.3 is 15.4 Å².